The summed E-state index contributed by atoms with van der Waals surface area (Å²) in [7, 11) is 0. The van der Waals surface area contributed by atoms with Gasteiger partial charge < -0.3 is 20.5 Å². The Labute approximate surface area is 194 Å². The van der Waals surface area contributed by atoms with Crippen molar-refractivity contribution in [2.75, 3.05) is 6.61 Å². The molecule has 0 bridgehead atoms. The Morgan fingerprint density at radius 1 is 0.970 bits per heavy atom. The van der Waals surface area contributed by atoms with Gasteiger partial charge in [-0.1, -0.05) is 69.3 Å². The lowest BCUT2D eigenvalue weighted by molar-refractivity contribution is -0.148. The Morgan fingerprint density at radius 3 is 2.00 bits per heavy atom. The van der Waals surface area contributed by atoms with Crippen molar-refractivity contribution in [2.24, 2.45) is 0 Å². The monoisotopic (exact) mass is 452 g/mol. The fourth-order valence-corrected chi connectivity index (χ4v) is 4.43. The maximum Gasteiger partial charge on any atom is 0.407 e. The number of carboxylic acid groups (broad SMARTS) is 1. The summed E-state index contributed by atoms with van der Waals surface area (Å²) in [5.41, 5.74) is 3.26. The second-order valence-electron chi connectivity index (χ2n) is 8.42. The number of rotatable bonds is 10. The fraction of sp³-hybridized carbons (Fsp3) is 0.423. The van der Waals surface area contributed by atoms with Crippen molar-refractivity contribution in [3.05, 3.63) is 59.7 Å². The number of hydrogen-bond donors (Lipinski definition) is 3. The first-order valence-electron chi connectivity index (χ1n) is 11.5. The quantitative estimate of drug-likeness (QED) is 0.494. The summed E-state index contributed by atoms with van der Waals surface area (Å²) < 4.78 is 5.56. The molecular formula is C26H32N2O5. The van der Waals surface area contributed by atoms with E-state index in [-0.39, 0.29) is 31.8 Å². The van der Waals surface area contributed by atoms with Crippen molar-refractivity contribution >= 4 is 18.0 Å². The van der Waals surface area contributed by atoms with Crippen LogP contribution in [0.1, 0.15) is 63.5 Å². The van der Waals surface area contributed by atoms with Crippen LogP contribution in [-0.2, 0) is 14.3 Å². The van der Waals surface area contributed by atoms with E-state index in [9.17, 15) is 19.5 Å². The summed E-state index contributed by atoms with van der Waals surface area (Å²) in [6.45, 7) is 5.50. The highest BCUT2D eigenvalue weighted by Gasteiger charge is 2.36. The predicted molar refractivity (Wildman–Crippen MR) is 126 cm³/mol. The van der Waals surface area contributed by atoms with Crippen LogP contribution in [0.4, 0.5) is 4.79 Å². The van der Waals surface area contributed by atoms with Crippen LogP contribution < -0.4 is 10.6 Å². The number of nitrogens with one attached hydrogen (secondary N) is 2. The Balaban J connectivity index is 1.59. The second kappa shape index (κ2) is 10.5. The van der Waals surface area contributed by atoms with Crippen LogP contribution in [-0.4, -0.2) is 41.3 Å². The van der Waals surface area contributed by atoms with Gasteiger partial charge in [0.2, 0.25) is 5.91 Å². The summed E-state index contributed by atoms with van der Waals surface area (Å²) >= 11 is 0. The van der Waals surface area contributed by atoms with E-state index in [4.69, 9.17) is 4.74 Å². The van der Waals surface area contributed by atoms with E-state index in [2.05, 4.69) is 34.9 Å². The number of ether oxygens (including phenoxy) is 1. The van der Waals surface area contributed by atoms with Crippen LogP contribution in [0.25, 0.3) is 11.1 Å². The number of amides is 2. The third kappa shape index (κ3) is 5.18. The molecule has 33 heavy (non-hydrogen) atoms. The molecule has 1 atom stereocenters. The van der Waals surface area contributed by atoms with E-state index in [1.807, 2.05) is 31.2 Å². The normalized spacial score (nSPS) is 13.5. The van der Waals surface area contributed by atoms with E-state index in [1.165, 1.54) is 0 Å². The minimum atomic E-state index is -1.29. The molecule has 2 aromatic carbocycles. The highest BCUT2D eigenvalue weighted by Crippen LogP contribution is 2.44. The van der Waals surface area contributed by atoms with Crippen LogP contribution in [0.15, 0.2) is 48.5 Å². The topological polar surface area (TPSA) is 105 Å². The molecule has 2 amide bonds. The SMILES string of the molecule is CC[C@H](CC(=O)NC(CC)(CC)C(=O)O)NC(=O)OCC1c2ccccc2-c2ccccc21. The molecule has 0 heterocycles. The average Bonchev–Trinajstić information content (AvgIpc) is 3.14. The molecule has 0 saturated carbocycles. The van der Waals surface area contributed by atoms with E-state index < -0.39 is 29.6 Å². The summed E-state index contributed by atoms with van der Waals surface area (Å²) in [6, 6.07) is 15.7. The Hall–Kier alpha value is -3.35. The highest BCUT2D eigenvalue weighted by atomic mass is 16.5. The molecule has 0 aliphatic heterocycles. The molecule has 3 rings (SSSR count). The van der Waals surface area contributed by atoms with Gasteiger partial charge in [-0.15, -0.1) is 0 Å². The number of carbonyl (C=O) groups excluding carboxylic acids is 2. The highest BCUT2D eigenvalue weighted by molar-refractivity contribution is 5.87. The molecule has 0 radical (unpaired) electrons. The van der Waals surface area contributed by atoms with Crippen LogP contribution >= 0.6 is 0 Å². The molecule has 0 aromatic heterocycles. The van der Waals surface area contributed by atoms with Gasteiger partial charge in [0.25, 0.3) is 0 Å². The van der Waals surface area contributed by atoms with Gasteiger partial charge in [-0.3, -0.25) is 4.79 Å². The standard InChI is InChI=1S/C26H32N2O5/c1-4-17(15-23(29)28-26(5-2,6-3)24(30)31)27-25(32)33-16-22-20-13-9-7-11-18(20)19-12-8-10-14-21(19)22/h7-14,17,22H,4-6,15-16H2,1-3H3,(H,27,32)(H,28,29)(H,30,31)/t17-/m1/s1. The van der Waals surface area contributed by atoms with Crippen LogP contribution in [0, 0.1) is 0 Å². The lowest BCUT2D eigenvalue weighted by atomic mass is 9.92. The van der Waals surface area contributed by atoms with E-state index in [0.29, 0.717) is 6.42 Å². The Bertz CT molecular complexity index is 970. The Kier molecular flexibility index (Phi) is 7.74. The van der Waals surface area contributed by atoms with Gasteiger partial charge in [-0.05, 0) is 41.5 Å². The Morgan fingerprint density at radius 2 is 1.52 bits per heavy atom. The number of alkyl carbamates (subject to hydrolysis) is 1. The lowest BCUT2D eigenvalue weighted by Crippen LogP contribution is -2.54. The van der Waals surface area contributed by atoms with Crippen molar-refractivity contribution in [3.8, 4) is 11.1 Å². The van der Waals surface area contributed by atoms with E-state index >= 15 is 0 Å². The minimum Gasteiger partial charge on any atom is -0.480 e. The van der Waals surface area contributed by atoms with Gasteiger partial charge in [0.15, 0.2) is 0 Å². The molecule has 7 heteroatoms. The lowest BCUT2D eigenvalue weighted by Gasteiger charge is -2.29. The number of fused-ring (bicyclic) bond motifs is 3. The summed E-state index contributed by atoms with van der Waals surface area (Å²) in [4.78, 5) is 36.7. The van der Waals surface area contributed by atoms with E-state index in [0.717, 1.165) is 22.3 Å². The van der Waals surface area contributed by atoms with Gasteiger partial charge in [-0.25, -0.2) is 9.59 Å². The fourth-order valence-electron chi connectivity index (χ4n) is 4.43. The second-order valence-corrected chi connectivity index (χ2v) is 8.42. The number of carbonyl (C=O) groups is 3. The molecule has 0 saturated heterocycles. The minimum absolute atomic E-state index is 0.0181. The zero-order valence-electron chi connectivity index (χ0n) is 19.4. The first-order valence-corrected chi connectivity index (χ1v) is 11.5. The molecule has 176 valence electrons. The average molecular weight is 453 g/mol. The molecule has 2 aromatic rings. The third-order valence-corrected chi connectivity index (χ3v) is 6.59. The van der Waals surface area contributed by atoms with Gasteiger partial charge >= 0.3 is 12.1 Å². The molecule has 0 unspecified atom stereocenters. The number of hydrogen-bond acceptors (Lipinski definition) is 4. The van der Waals surface area contributed by atoms with Crippen molar-refractivity contribution in [1.29, 1.82) is 0 Å². The van der Waals surface area contributed by atoms with Gasteiger partial charge in [0, 0.05) is 18.4 Å². The number of carboxylic acids is 1. The molecular weight excluding hydrogens is 420 g/mol. The van der Waals surface area contributed by atoms with Gasteiger partial charge in [0.05, 0.1) is 0 Å². The molecule has 1 aliphatic rings. The maximum atomic E-state index is 12.5. The van der Waals surface area contributed by atoms with Crippen LogP contribution in [0.5, 0.6) is 0 Å². The van der Waals surface area contributed by atoms with Crippen LogP contribution in [0.3, 0.4) is 0 Å². The van der Waals surface area contributed by atoms with Gasteiger partial charge in [0.1, 0.15) is 12.1 Å². The van der Waals surface area contributed by atoms with Crippen molar-refractivity contribution < 1.29 is 24.2 Å². The van der Waals surface area contributed by atoms with Crippen molar-refractivity contribution in [3.63, 3.8) is 0 Å². The smallest absolute Gasteiger partial charge is 0.407 e. The zero-order valence-corrected chi connectivity index (χ0v) is 19.4. The zero-order chi connectivity index (χ0) is 24.0. The first kappa shape index (κ1) is 24.3. The molecule has 0 spiro atoms. The molecule has 3 N–H and O–H groups in total. The van der Waals surface area contributed by atoms with E-state index in [1.54, 1.807) is 13.8 Å². The predicted octanol–water partition coefficient (Wildman–Crippen LogP) is 4.45. The molecule has 7 nitrogen and oxygen atoms in total. The summed E-state index contributed by atoms with van der Waals surface area (Å²) in [6.07, 6.45) is 0.459. The summed E-state index contributed by atoms with van der Waals surface area (Å²) in [5, 5.41) is 14.9. The molecule has 1 aliphatic carbocycles. The van der Waals surface area contributed by atoms with Crippen molar-refractivity contribution in [2.45, 2.75) is 64.0 Å². The van der Waals surface area contributed by atoms with Crippen LogP contribution in [0.2, 0.25) is 0 Å². The summed E-state index contributed by atoms with van der Waals surface area (Å²) in [5.74, 6) is -1.51. The maximum absolute atomic E-state index is 12.5. The van der Waals surface area contributed by atoms with Gasteiger partial charge in [-0.2, -0.15) is 0 Å². The van der Waals surface area contributed by atoms with Crippen molar-refractivity contribution in [1.82, 2.24) is 10.6 Å². The first-order chi connectivity index (χ1) is 15.8. The number of benzene rings is 2. The largest absolute Gasteiger partial charge is 0.480 e. The third-order valence-electron chi connectivity index (χ3n) is 6.59. The number of aliphatic carboxylic acids is 1. The molecule has 0 fully saturated rings.